The number of halogens is 9. The normalized spacial score (nSPS) is 13.9. The van der Waals surface area contributed by atoms with Crippen LogP contribution in [0.4, 0.5) is 8.78 Å². The number of esters is 4. The highest BCUT2D eigenvalue weighted by Gasteiger charge is 2.40. The minimum atomic E-state index is -4.89. The van der Waals surface area contributed by atoms with E-state index < -0.39 is 82.1 Å². The van der Waals surface area contributed by atoms with E-state index in [9.17, 15) is 32.0 Å². The Morgan fingerprint density at radius 2 is 0.875 bits per heavy atom. The molecule has 0 fully saturated rings. The summed E-state index contributed by atoms with van der Waals surface area (Å²) in [5.41, 5.74) is 0.457. The zero-order valence-electron chi connectivity index (χ0n) is 37.4. The minimum Gasteiger partial charge on any atom is -0.462 e. The van der Waals surface area contributed by atoms with E-state index in [4.69, 9.17) is 104 Å². The van der Waals surface area contributed by atoms with E-state index in [0.717, 1.165) is 25.5 Å². The van der Waals surface area contributed by atoms with Gasteiger partial charge in [-0.1, -0.05) is 98.4 Å². The first-order chi connectivity index (χ1) is 34.1. The van der Waals surface area contributed by atoms with Crippen molar-refractivity contribution in [2.45, 2.75) is 42.5 Å². The number of oxime groups is 2. The lowest BCUT2D eigenvalue weighted by molar-refractivity contribution is -0.0478. The predicted molar refractivity (Wildman–Crippen MR) is 268 cm³/mol. The van der Waals surface area contributed by atoms with Gasteiger partial charge in [0.15, 0.2) is 24.6 Å². The highest BCUT2D eigenvalue weighted by atomic mass is 35.5. The van der Waals surface area contributed by atoms with E-state index in [2.05, 4.69) is 20.0 Å². The molecule has 5 aromatic carbocycles. The Morgan fingerprint density at radius 3 is 1.28 bits per heavy atom. The molecule has 0 aliphatic carbocycles. The standard InChI is InChI=1S/C26H19Cl5FNO8S.C21H20Cl2FNO5/c1-38-33-12-21(32)24(40-26(35)15-4-8-17(28)9-5-15)22(13-39-25(34)14-2-6-16(27)7-3-14)41-42(36,37)23-11-19(30)18(29)10-20(23)31;1-13(12-29-20(26)14-3-7-16(22)8-4-14)19(18(24)11-25-28-2)30-21(27)15-5-9-17(23)10-6-15/h2-12,21-22,24H,13H2,1H3;3-11,13,18-19H,12H2,1-2H3/t21-,22-,24+;13-,18+,19+/m10/s1. The van der Waals surface area contributed by atoms with Crippen molar-refractivity contribution in [3.8, 4) is 0 Å². The molecule has 0 aromatic heterocycles. The molecule has 72 heavy (non-hydrogen) atoms. The van der Waals surface area contributed by atoms with Gasteiger partial charge in [0, 0.05) is 26.0 Å². The zero-order valence-corrected chi connectivity index (χ0v) is 43.5. The SMILES string of the molecule is CON=C[C@@H](F)[C@H](OC(=O)c1ccc(Cl)cc1)[C@@H](C)COC(=O)c1ccc(Cl)cc1.CON=C[C@@H](F)[C@H](OC(=O)c1ccc(Cl)cc1)[C@@H](COC(=O)c1ccc(Cl)cc1)OS(=O)(=O)c1cc(Cl)c(Cl)cc1Cl. The Hall–Kier alpha value is -5.28. The highest BCUT2D eigenvalue weighted by molar-refractivity contribution is 7.87. The lowest BCUT2D eigenvalue weighted by Crippen LogP contribution is -2.45. The fourth-order valence-electron chi connectivity index (χ4n) is 5.69. The van der Waals surface area contributed by atoms with Crippen molar-refractivity contribution in [1.82, 2.24) is 0 Å². The van der Waals surface area contributed by atoms with Crippen molar-refractivity contribution in [3.05, 3.63) is 167 Å². The number of carbonyl (C=O) groups is 4. The van der Waals surface area contributed by atoms with E-state index in [-0.39, 0.29) is 38.4 Å². The molecule has 0 aliphatic rings. The van der Waals surface area contributed by atoms with Crippen LogP contribution in [0.3, 0.4) is 0 Å². The quantitative estimate of drug-likeness (QED) is 0.0168. The molecule has 0 aliphatic heterocycles. The maximum absolute atomic E-state index is 15.5. The Labute approximate surface area is 446 Å². The van der Waals surface area contributed by atoms with E-state index in [1.54, 1.807) is 19.1 Å². The maximum Gasteiger partial charge on any atom is 0.338 e. The van der Waals surface area contributed by atoms with Crippen LogP contribution in [0.15, 0.2) is 124 Å². The lowest BCUT2D eigenvalue weighted by atomic mass is 10.0. The summed E-state index contributed by atoms with van der Waals surface area (Å²) in [5, 5.41) is 7.66. The number of alkyl halides is 2. The molecular weight excluding hydrogens is 1120 g/mol. The number of ether oxygens (including phenoxy) is 4. The molecule has 0 N–H and O–H groups in total. The van der Waals surface area contributed by atoms with Gasteiger partial charge in [0.2, 0.25) is 0 Å². The Kier molecular flexibility index (Phi) is 23.7. The van der Waals surface area contributed by atoms with Crippen molar-refractivity contribution >= 4 is 128 Å². The molecule has 6 atom stereocenters. The number of hydrogen-bond acceptors (Lipinski definition) is 15. The smallest absolute Gasteiger partial charge is 0.338 e. The molecule has 15 nitrogen and oxygen atoms in total. The summed E-state index contributed by atoms with van der Waals surface area (Å²) in [6.07, 6.45) is -7.99. The van der Waals surface area contributed by atoms with Crippen LogP contribution >= 0.6 is 81.2 Å². The largest absolute Gasteiger partial charge is 0.462 e. The van der Waals surface area contributed by atoms with Crippen LogP contribution in [0.1, 0.15) is 48.4 Å². The van der Waals surface area contributed by atoms with Gasteiger partial charge in [-0.05, 0) is 109 Å². The lowest BCUT2D eigenvalue weighted by Gasteiger charge is -2.27. The molecule has 384 valence electrons. The minimum absolute atomic E-state index is 0.0287. The van der Waals surface area contributed by atoms with E-state index in [0.29, 0.717) is 31.9 Å². The highest BCUT2D eigenvalue weighted by Crippen LogP contribution is 2.34. The van der Waals surface area contributed by atoms with Gasteiger partial charge in [-0.2, -0.15) is 8.42 Å². The van der Waals surface area contributed by atoms with Gasteiger partial charge in [-0.3, -0.25) is 4.18 Å². The topological polar surface area (TPSA) is 192 Å². The van der Waals surface area contributed by atoms with Crippen LogP contribution < -0.4 is 0 Å². The summed E-state index contributed by atoms with van der Waals surface area (Å²) in [4.78, 5) is 58.5. The van der Waals surface area contributed by atoms with Crippen LogP contribution in [0, 0.1) is 5.92 Å². The number of rotatable bonds is 21. The molecule has 5 aromatic rings. The molecule has 0 amide bonds. The summed E-state index contributed by atoms with van der Waals surface area (Å²) in [6, 6.07) is 24.9. The number of benzene rings is 5. The van der Waals surface area contributed by atoms with Crippen LogP contribution in [0.25, 0.3) is 0 Å². The van der Waals surface area contributed by atoms with Crippen LogP contribution in [-0.2, 0) is 42.9 Å². The Morgan fingerprint density at radius 1 is 0.528 bits per heavy atom. The van der Waals surface area contributed by atoms with Crippen molar-refractivity contribution < 1.29 is 69.2 Å². The van der Waals surface area contributed by atoms with E-state index >= 15 is 4.39 Å². The molecule has 0 radical (unpaired) electrons. The number of hydrogen-bond donors (Lipinski definition) is 0. The van der Waals surface area contributed by atoms with Crippen molar-refractivity contribution in [3.63, 3.8) is 0 Å². The molecule has 0 heterocycles. The zero-order chi connectivity index (χ0) is 53.1. The summed E-state index contributed by atoms with van der Waals surface area (Å²) in [5.74, 6) is -4.08. The summed E-state index contributed by atoms with van der Waals surface area (Å²) < 4.78 is 83.2. The fraction of sp³-hybridized carbons (Fsp3) is 0.234. The van der Waals surface area contributed by atoms with Gasteiger partial charge >= 0.3 is 23.9 Å². The average Bonchev–Trinajstić information content (AvgIpc) is 3.35. The Bertz CT molecular complexity index is 2800. The molecule has 5 rings (SSSR count). The van der Waals surface area contributed by atoms with Gasteiger partial charge in [-0.25, -0.2) is 28.0 Å². The number of nitrogens with zero attached hydrogens (tertiary/aromatic N) is 2. The molecule has 0 unspecified atom stereocenters. The van der Waals surface area contributed by atoms with Crippen LogP contribution in [-0.4, -0.2) is 103 Å². The van der Waals surface area contributed by atoms with Crippen LogP contribution in [0.5, 0.6) is 0 Å². The second-order valence-corrected chi connectivity index (χ2v) is 19.0. The summed E-state index contributed by atoms with van der Waals surface area (Å²) >= 11 is 41.3. The molecule has 0 bridgehead atoms. The first-order valence-corrected chi connectivity index (χ1v) is 24.5. The first kappa shape index (κ1) is 59.3. The van der Waals surface area contributed by atoms with Crippen LogP contribution in [0.2, 0.25) is 35.2 Å². The maximum atomic E-state index is 15.5. The van der Waals surface area contributed by atoms with Crippen molar-refractivity contribution in [2.24, 2.45) is 16.2 Å². The first-order valence-electron chi connectivity index (χ1n) is 20.4. The average molecular weight is 1160 g/mol. The van der Waals surface area contributed by atoms with Gasteiger partial charge in [0.25, 0.3) is 10.1 Å². The fourth-order valence-corrected chi connectivity index (χ4v) is 8.24. The molecular formula is C47H39Cl7F2N2O13S. The molecule has 0 saturated carbocycles. The second-order valence-electron chi connectivity index (χ2n) is 14.5. The Balaban J connectivity index is 0.000000331. The second kappa shape index (κ2) is 28.8. The molecule has 0 saturated heterocycles. The third-order valence-electron chi connectivity index (χ3n) is 9.33. The third kappa shape index (κ3) is 18.3. The monoisotopic (exact) mass is 1150 g/mol. The third-order valence-corrected chi connectivity index (χ3v) is 12.9. The van der Waals surface area contributed by atoms with Gasteiger partial charge in [0.1, 0.15) is 31.8 Å². The van der Waals surface area contributed by atoms with Gasteiger partial charge < -0.3 is 28.6 Å². The van der Waals surface area contributed by atoms with Crippen molar-refractivity contribution in [1.29, 1.82) is 0 Å². The van der Waals surface area contributed by atoms with E-state index in [1.807, 2.05) is 0 Å². The molecule has 25 heteroatoms. The summed E-state index contributed by atoms with van der Waals surface area (Å²) in [6.45, 7) is 0.461. The molecule has 0 spiro atoms. The van der Waals surface area contributed by atoms with E-state index in [1.165, 1.54) is 92.0 Å². The number of carbonyl (C=O) groups excluding carboxylic acids is 4. The summed E-state index contributed by atoms with van der Waals surface area (Å²) in [7, 11) is -2.51. The predicted octanol–water partition coefficient (Wildman–Crippen LogP) is 12.1. The van der Waals surface area contributed by atoms with Crippen molar-refractivity contribution in [2.75, 3.05) is 27.4 Å². The van der Waals surface area contributed by atoms with Gasteiger partial charge in [-0.15, -0.1) is 0 Å². The van der Waals surface area contributed by atoms with Gasteiger partial charge in [0.05, 0.1) is 56.4 Å².